The smallest absolute Gasteiger partial charge is 0.408 e. The molecule has 0 saturated carbocycles. The number of carbonyl (C=O) groups is 1. The van der Waals surface area contributed by atoms with Crippen LogP contribution in [0.25, 0.3) is 11.1 Å². The highest BCUT2D eigenvalue weighted by atomic mass is 32.2. The van der Waals surface area contributed by atoms with Crippen molar-refractivity contribution >= 4 is 17.1 Å². The maximum Gasteiger partial charge on any atom is 0.408 e. The van der Waals surface area contributed by atoms with Crippen molar-refractivity contribution in [3.63, 3.8) is 0 Å². The molecule has 5 nitrogen and oxygen atoms in total. The summed E-state index contributed by atoms with van der Waals surface area (Å²) >= 11 is -1.13. The van der Waals surface area contributed by atoms with E-state index in [9.17, 15) is 27.8 Å². The SMILES string of the molecule is CC(C)C[C@@H](C(N)=O)N(CC#N)C(c1ccc(-c2ccc([S+](C)[O-])cc2)cc1)C(F)(F)F. The minimum absolute atomic E-state index is 0.0854. The molecular formula is C23H26F3N3O2S. The Labute approximate surface area is 189 Å². The number of amides is 1. The first kappa shape index (κ1) is 25.7. The predicted molar refractivity (Wildman–Crippen MR) is 118 cm³/mol. The predicted octanol–water partition coefficient (Wildman–Crippen LogP) is 4.42. The summed E-state index contributed by atoms with van der Waals surface area (Å²) in [5.74, 6) is -0.987. The molecule has 3 atom stereocenters. The number of primary amides is 1. The summed E-state index contributed by atoms with van der Waals surface area (Å²) in [6, 6.07) is 11.1. The van der Waals surface area contributed by atoms with E-state index in [0.29, 0.717) is 10.5 Å². The van der Waals surface area contributed by atoms with E-state index in [-0.39, 0.29) is 17.9 Å². The molecule has 2 unspecified atom stereocenters. The van der Waals surface area contributed by atoms with Gasteiger partial charge in [-0.3, -0.25) is 9.69 Å². The minimum Gasteiger partial charge on any atom is -0.612 e. The molecule has 32 heavy (non-hydrogen) atoms. The van der Waals surface area contributed by atoms with Crippen LogP contribution in [0.4, 0.5) is 13.2 Å². The number of benzene rings is 2. The van der Waals surface area contributed by atoms with Crippen molar-refractivity contribution < 1.29 is 22.5 Å². The molecule has 2 aromatic rings. The summed E-state index contributed by atoms with van der Waals surface area (Å²) < 4.78 is 54.0. The fraction of sp³-hybridized carbons (Fsp3) is 0.391. The number of hydrogen-bond acceptors (Lipinski definition) is 4. The number of alkyl halides is 3. The second-order valence-corrected chi connectivity index (χ2v) is 9.30. The van der Waals surface area contributed by atoms with Crippen LogP contribution in [0.15, 0.2) is 53.4 Å². The first-order valence-corrected chi connectivity index (χ1v) is 11.5. The molecule has 0 heterocycles. The van der Waals surface area contributed by atoms with Gasteiger partial charge >= 0.3 is 6.18 Å². The summed E-state index contributed by atoms with van der Waals surface area (Å²) in [7, 11) is 0. The molecule has 172 valence electrons. The molecule has 0 fully saturated rings. The largest absolute Gasteiger partial charge is 0.612 e. The topological polar surface area (TPSA) is 93.2 Å². The lowest BCUT2D eigenvalue weighted by Gasteiger charge is -2.37. The van der Waals surface area contributed by atoms with Crippen LogP contribution in [0, 0.1) is 17.2 Å². The Morgan fingerprint density at radius 3 is 2.00 bits per heavy atom. The van der Waals surface area contributed by atoms with E-state index in [0.717, 1.165) is 10.5 Å². The van der Waals surface area contributed by atoms with E-state index in [1.165, 1.54) is 12.1 Å². The number of hydrogen-bond donors (Lipinski definition) is 1. The van der Waals surface area contributed by atoms with Crippen LogP contribution >= 0.6 is 0 Å². The van der Waals surface area contributed by atoms with Gasteiger partial charge in [-0.25, -0.2) is 0 Å². The highest BCUT2D eigenvalue weighted by molar-refractivity contribution is 7.90. The minimum atomic E-state index is -4.73. The van der Waals surface area contributed by atoms with Crippen molar-refractivity contribution in [2.45, 2.75) is 43.4 Å². The zero-order chi connectivity index (χ0) is 24.1. The van der Waals surface area contributed by atoms with Crippen LogP contribution in [0.3, 0.4) is 0 Å². The van der Waals surface area contributed by atoms with Crippen LogP contribution in [0.5, 0.6) is 0 Å². The van der Waals surface area contributed by atoms with Crippen LogP contribution < -0.4 is 5.73 Å². The quantitative estimate of drug-likeness (QED) is 0.438. The van der Waals surface area contributed by atoms with Gasteiger partial charge in [-0.1, -0.05) is 38.1 Å². The van der Waals surface area contributed by atoms with Crippen molar-refractivity contribution in [1.82, 2.24) is 4.90 Å². The van der Waals surface area contributed by atoms with Crippen LogP contribution in [0.2, 0.25) is 0 Å². The van der Waals surface area contributed by atoms with Crippen molar-refractivity contribution in [3.8, 4) is 17.2 Å². The molecule has 0 aliphatic heterocycles. The van der Waals surface area contributed by atoms with Crippen LogP contribution in [0.1, 0.15) is 31.9 Å². The Kier molecular flexibility index (Phi) is 8.73. The molecule has 0 aliphatic carbocycles. The Balaban J connectivity index is 2.45. The number of nitrogens with zero attached hydrogens (tertiary/aromatic N) is 2. The molecule has 2 aromatic carbocycles. The first-order chi connectivity index (χ1) is 15.0. The normalized spacial score (nSPS) is 14.8. The summed E-state index contributed by atoms with van der Waals surface area (Å²) in [5, 5.41) is 9.18. The third-order valence-electron chi connectivity index (χ3n) is 5.06. The molecular weight excluding hydrogens is 439 g/mol. The molecule has 2 rings (SSSR count). The Morgan fingerprint density at radius 2 is 1.62 bits per heavy atom. The average molecular weight is 466 g/mol. The van der Waals surface area contributed by atoms with Gasteiger partial charge < -0.3 is 10.3 Å². The molecule has 0 spiro atoms. The van der Waals surface area contributed by atoms with E-state index in [1.807, 2.05) is 0 Å². The monoisotopic (exact) mass is 465 g/mol. The summed E-state index contributed by atoms with van der Waals surface area (Å²) in [4.78, 5) is 13.5. The lowest BCUT2D eigenvalue weighted by Crippen LogP contribution is -2.51. The second kappa shape index (κ2) is 10.9. The maximum atomic E-state index is 14.2. The van der Waals surface area contributed by atoms with E-state index in [1.54, 1.807) is 62.6 Å². The van der Waals surface area contributed by atoms with Crippen molar-refractivity contribution in [2.24, 2.45) is 11.7 Å². The third-order valence-corrected chi connectivity index (χ3v) is 6.00. The average Bonchev–Trinajstić information content (AvgIpc) is 2.71. The number of nitrogens with two attached hydrogens (primary N) is 1. The lowest BCUT2D eigenvalue weighted by atomic mass is 9.95. The van der Waals surface area contributed by atoms with Gasteiger partial charge in [0.15, 0.2) is 4.90 Å². The first-order valence-electron chi connectivity index (χ1n) is 9.98. The van der Waals surface area contributed by atoms with Crippen molar-refractivity contribution in [1.29, 1.82) is 5.26 Å². The van der Waals surface area contributed by atoms with E-state index in [2.05, 4.69) is 0 Å². The Bertz CT molecular complexity index is 939. The highest BCUT2D eigenvalue weighted by Crippen LogP contribution is 2.40. The maximum absolute atomic E-state index is 14.2. The van der Waals surface area contributed by atoms with Gasteiger partial charge in [-0.15, -0.1) is 0 Å². The van der Waals surface area contributed by atoms with Crippen LogP contribution in [-0.2, 0) is 16.0 Å². The number of rotatable bonds is 9. The zero-order valence-electron chi connectivity index (χ0n) is 18.1. The fourth-order valence-corrected chi connectivity index (χ4v) is 4.11. The molecule has 0 aliphatic rings. The Morgan fingerprint density at radius 1 is 1.12 bits per heavy atom. The summed E-state index contributed by atoms with van der Waals surface area (Å²) in [6.45, 7) is 2.95. The Hall–Kier alpha value is -2.54. The third kappa shape index (κ3) is 6.48. The second-order valence-electron chi connectivity index (χ2n) is 7.92. The molecule has 9 heteroatoms. The molecule has 0 saturated heterocycles. The van der Waals surface area contributed by atoms with Gasteiger partial charge in [0.2, 0.25) is 5.91 Å². The molecule has 2 N–H and O–H groups in total. The van der Waals surface area contributed by atoms with Gasteiger partial charge in [0, 0.05) is 0 Å². The number of carbonyl (C=O) groups excluding carboxylic acids is 1. The number of halogens is 3. The number of nitriles is 1. The molecule has 0 radical (unpaired) electrons. The van der Waals surface area contributed by atoms with Crippen molar-refractivity contribution in [3.05, 3.63) is 54.1 Å². The van der Waals surface area contributed by atoms with E-state index in [4.69, 9.17) is 5.73 Å². The molecule has 1 amide bonds. The van der Waals surface area contributed by atoms with E-state index >= 15 is 0 Å². The van der Waals surface area contributed by atoms with Gasteiger partial charge in [0.1, 0.15) is 12.3 Å². The molecule has 0 aromatic heterocycles. The zero-order valence-corrected chi connectivity index (χ0v) is 18.9. The summed E-state index contributed by atoms with van der Waals surface area (Å²) in [6.07, 6.45) is -3.06. The van der Waals surface area contributed by atoms with Gasteiger partial charge in [-0.05, 0) is 64.5 Å². The highest BCUT2D eigenvalue weighted by Gasteiger charge is 2.47. The standard InChI is InChI=1S/C23H26F3N3O2S/c1-15(2)14-20(22(28)30)29(13-12-27)21(23(24,25)26)18-6-4-16(5-7-18)17-8-10-19(11-9-17)32(3)31/h4-11,15,20-21H,13-14H2,1-3H3,(H2,28,30)/t20-,21?,32?/m0/s1. The van der Waals surface area contributed by atoms with Crippen molar-refractivity contribution in [2.75, 3.05) is 12.8 Å². The summed E-state index contributed by atoms with van der Waals surface area (Å²) in [5.41, 5.74) is 6.79. The van der Waals surface area contributed by atoms with Gasteiger partial charge in [0.25, 0.3) is 0 Å². The fourth-order valence-electron chi connectivity index (χ4n) is 3.59. The van der Waals surface area contributed by atoms with Crippen LogP contribution in [-0.4, -0.2) is 40.4 Å². The van der Waals surface area contributed by atoms with Gasteiger partial charge in [-0.2, -0.15) is 18.4 Å². The van der Waals surface area contributed by atoms with E-state index < -0.39 is 41.9 Å². The lowest BCUT2D eigenvalue weighted by molar-refractivity contribution is -0.192. The molecule has 0 bridgehead atoms. The van der Waals surface area contributed by atoms with Gasteiger partial charge in [0.05, 0.1) is 18.7 Å².